The van der Waals surface area contributed by atoms with E-state index in [0.717, 1.165) is 25.0 Å². The Bertz CT molecular complexity index is 478. The Labute approximate surface area is 111 Å². The van der Waals surface area contributed by atoms with Crippen molar-refractivity contribution in [2.45, 2.75) is 31.8 Å². The summed E-state index contributed by atoms with van der Waals surface area (Å²) in [4.78, 5) is 15.2. The minimum absolute atomic E-state index is 0.0117. The predicted octanol–water partition coefficient (Wildman–Crippen LogP) is 2.42. The molecule has 5 heteroatoms. The first kappa shape index (κ1) is 12.4. The number of nitrogens with zero attached hydrogens (tertiary/aromatic N) is 1. The van der Waals surface area contributed by atoms with Crippen molar-refractivity contribution in [3.05, 3.63) is 23.5 Å². The molecule has 5 nitrogen and oxygen atoms in total. The van der Waals surface area contributed by atoms with Crippen LogP contribution in [0, 0.1) is 5.92 Å². The van der Waals surface area contributed by atoms with Gasteiger partial charge < -0.3 is 14.6 Å². The summed E-state index contributed by atoms with van der Waals surface area (Å²) in [5.74, 6) is -0.106. The van der Waals surface area contributed by atoms with Crippen molar-refractivity contribution >= 4 is 5.97 Å². The third kappa shape index (κ3) is 2.87. The maximum atomic E-state index is 11.1. The first-order valence-electron chi connectivity index (χ1n) is 6.71. The number of hydrogen-bond acceptors (Lipinski definition) is 4. The van der Waals surface area contributed by atoms with Crippen molar-refractivity contribution < 1.29 is 19.4 Å². The van der Waals surface area contributed by atoms with Gasteiger partial charge in [0.1, 0.15) is 0 Å². The van der Waals surface area contributed by atoms with Gasteiger partial charge in [-0.3, -0.25) is 0 Å². The van der Waals surface area contributed by atoms with E-state index in [4.69, 9.17) is 14.6 Å². The highest BCUT2D eigenvalue weighted by atomic mass is 16.5. The second-order valence-electron chi connectivity index (χ2n) is 5.18. The number of ether oxygens (including phenoxy) is 2. The molecular weight excluding hydrogens is 246 g/mol. The molecule has 1 saturated carbocycles. The first-order chi connectivity index (χ1) is 9.24. The molecule has 0 aromatic carbocycles. The largest absolute Gasteiger partial charge is 0.491 e. The monoisotopic (exact) mass is 263 g/mol. The van der Waals surface area contributed by atoms with E-state index >= 15 is 0 Å². The van der Waals surface area contributed by atoms with Crippen molar-refractivity contribution in [1.29, 1.82) is 0 Å². The lowest BCUT2D eigenvalue weighted by atomic mass is 10.1. The van der Waals surface area contributed by atoms with Gasteiger partial charge in [-0.15, -0.1) is 0 Å². The lowest BCUT2D eigenvalue weighted by Crippen LogP contribution is -2.09. The molecule has 1 aliphatic carbocycles. The van der Waals surface area contributed by atoms with Crippen LogP contribution in [-0.2, 0) is 4.74 Å². The van der Waals surface area contributed by atoms with Crippen LogP contribution in [0.4, 0.5) is 0 Å². The molecule has 19 heavy (non-hydrogen) atoms. The zero-order valence-corrected chi connectivity index (χ0v) is 10.7. The maximum Gasteiger partial charge on any atom is 0.358 e. The molecule has 3 rings (SSSR count). The van der Waals surface area contributed by atoms with Gasteiger partial charge in [-0.25, -0.2) is 9.78 Å². The molecule has 2 aliphatic rings. The zero-order valence-electron chi connectivity index (χ0n) is 10.7. The lowest BCUT2D eigenvalue weighted by Gasteiger charge is -2.13. The number of hydrogen-bond donors (Lipinski definition) is 1. The van der Waals surface area contributed by atoms with E-state index in [-0.39, 0.29) is 11.8 Å². The zero-order chi connectivity index (χ0) is 13.2. The van der Waals surface area contributed by atoms with E-state index in [1.165, 1.54) is 12.8 Å². The second kappa shape index (κ2) is 5.17. The van der Waals surface area contributed by atoms with E-state index < -0.39 is 5.97 Å². The molecule has 1 aliphatic heterocycles. The average Bonchev–Trinajstić information content (AvgIpc) is 3.07. The molecule has 0 radical (unpaired) electrons. The molecule has 1 unspecified atom stereocenters. The van der Waals surface area contributed by atoms with E-state index in [1.807, 2.05) is 0 Å². The number of carboxylic acid groups (broad SMARTS) is 1. The summed E-state index contributed by atoms with van der Waals surface area (Å²) in [5.41, 5.74) is 0.899. The van der Waals surface area contributed by atoms with Crippen LogP contribution in [0.1, 0.15) is 47.8 Å². The van der Waals surface area contributed by atoms with Crippen LogP contribution in [-0.4, -0.2) is 29.3 Å². The Morgan fingerprint density at radius 1 is 1.47 bits per heavy atom. The Balaban J connectivity index is 1.82. The fourth-order valence-electron chi connectivity index (χ4n) is 2.24. The van der Waals surface area contributed by atoms with Crippen molar-refractivity contribution in [1.82, 2.24) is 4.98 Å². The van der Waals surface area contributed by atoms with Gasteiger partial charge in [-0.1, -0.05) is 0 Å². The van der Waals surface area contributed by atoms with Gasteiger partial charge in [-0.2, -0.15) is 0 Å². The number of aromatic carboxylic acids is 1. The van der Waals surface area contributed by atoms with Gasteiger partial charge in [0.15, 0.2) is 11.4 Å². The second-order valence-corrected chi connectivity index (χ2v) is 5.18. The number of pyridine rings is 1. The average molecular weight is 263 g/mol. The molecule has 0 spiro atoms. The Morgan fingerprint density at radius 3 is 2.95 bits per heavy atom. The van der Waals surface area contributed by atoms with Crippen LogP contribution in [0.5, 0.6) is 5.75 Å². The number of carboxylic acids is 1. The quantitative estimate of drug-likeness (QED) is 0.883. The maximum absolute atomic E-state index is 11.1. The van der Waals surface area contributed by atoms with Crippen LogP contribution in [0.3, 0.4) is 0 Å². The smallest absolute Gasteiger partial charge is 0.358 e. The summed E-state index contributed by atoms with van der Waals surface area (Å²) in [5, 5.41) is 9.13. The van der Waals surface area contributed by atoms with Gasteiger partial charge in [0.05, 0.1) is 12.7 Å². The van der Waals surface area contributed by atoms with Gasteiger partial charge in [-0.05, 0) is 37.7 Å². The standard InChI is InChI=1S/C14H17NO4/c16-14(17)13-12(19-8-9-3-4-9)6-10(7-15-13)11-2-1-5-18-11/h6-7,9,11H,1-5,8H2,(H,16,17). The SMILES string of the molecule is O=C(O)c1ncc(C2CCCO2)cc1OCC1CC1. The Morgan fingerprint density at radius 2 is 2.32 bits per heavy atom. The summed E-state index contributed by atoms with van der Waals surface area (Å²) in [6.07, 6.45) is 5.93. The third-order valence-electron chi connectivity index (χ3n) is 3.55. The van der Waals surface area contributed by atoms with Gasteiger partial charge >= 0.3 is 5.97 Å². The molecule has 1 N–H and O–H groups in total. The van der Waals surface area contributed by atoms with Gasteiger partial charge in [0.25, 0.3) is 0 Å². The van der Waals surface area contributed by atoms with Crippen molar-refractivity contribution in [2.24, 2.45) is 5.92 Å². The summed E-state index contributed by atoms with van der Waals surface area (Å²) in [7, 11) is 0. The highest BCUT2D eigenvalue weighted by Gasteiger charge is 2.25. The number of rotatable bonds is 5. The molecule has 0 amide bonds. The van der Waals surface area contributed by atoms with Gasteiger partial charge in [0.2, 0.25) is 0 Å². The van der Waals surface area contributed by atoms with Crippen LogP contribution in [0.15, 0.2) is 12.3 Å². The minimum atomic E-state index is -1.05. The third-order valence-corrected chi connectivity index (χ3v) is 3.55. The fourth-order valence-corrected chi connectivity index (χ4v) is 2.24. The van der Waals surface area contributed by atoms with Crippen LogP contribution >= 0.6 is 0 Å². The number of carbonyl (C=O) groups is 1. The van der Waals surface area contributed by atoms with Crippen molar-refractivity contribution in [2.75, 3.05) is 13.2 Å². The van der Waals surface area contributed by atoms with Crippen molar-refractivity contribution in [3.8, 4) is 5.75 Å². The highest BCUT2D eigenvalue weighted by molar-refractivity contribution is 5.88. The van der Waals surface area contributed by atoms with Crippen LogP contribution in [0.25, 0.3) is 0 Å². The summed E-state index contributed by atoms with van der Waals surface area (Å²) < 4.78 is 11.2. The van der Waals surface area contributed by atoms with Crippen LogP contribution < -0.4 is 4.74 Å². The lowest BCUT2D eigenvalue weighted by molar-refractivity contribution is 0.0684. The highest BCUT2D eigenvalue weighted by Crippen LogP contribution is 2.33. The van der Waals surface area contributed by atoms with Crippen molar-refractivity contribution in [3.63, 3.8) is 0 Å². The molecular formula is C14H17NO4. The normalized spacial score (nSPS) is 22.4. The Kier molecular flexibility index (Phi) is 3.38. The predicted molar refractivity (Wildman–Crippen MR) is 67.3 cm³/mol. The Hall–Kier alpha value is -1.62. The summed E-state index contributed by atoms with van der Waals surface area (Å²) in [6, 6.07) is 1.77. The molecule has 1 atom stereocenters. The molecule has 1 aromatic heterocycles. The van der Waals surface area contributed by atoms with Gasteiger partial charge in [0, 0.05) is 18.4 Å². The minimum Gasteiger partial charge on any atom is -0.491 e. The molecule has 102 valence electrons. The summed E-state index contributed by atoms with van der Waals surface area (Å²) in [6.45, 7) is 1.33. The number of aromatic nitrogens is 1. The van der Waals surface area contributed by atoms with Crippen LogP contribution in [0.2, 0.25) is 0 Å². The molecule has 2 heterocycles. The fraction of sp³-hybridized carbons (Fsp3) is 0.571. The molecule has 1 saturated heterocycles. The molecule has 0 bridgehead atoms. The van der Waals surface area contributed by atoms with E-state index in [0.29, 0.717) is 18.3 Å². The topological polar surface area (TPSA) is 68.7 Å². The van der Waals surface area contributed by atoms with E-state index in [1.54, 1.807) is 12.3 Å². The van der Waals surface area contributed by atoms with E-state index in [2.05, 4.69) is 4.98 Å². The first-order valence-corrected chi connectivity index (χ1v) is 6.71. The van der Waals surface area contributed by atoms with E-state index in [9.17, 15) is 4.79 Å². The summed E-state index contributed by atoms with van der Waals surface area (Å²) >= 11 is 0. The molecule has 1 aromatic rings. The molecule has 2 fully saturated rings.